The summed E-state index contributed by atoms with van der Waals surface area (Å²) >= 11 is 1.71. The van der Waals surface area contributed by atoms with Crippen LogP contribution in [0.4, 0.5) is 0 Å². The summed E-state index contributed by atoms with van der Waals surface area (Å²) in [5.74, 6) is -0.0183. The van der Waals surface area contributed by atoms with E-state index in [9.17, 15) is 9.59 Å². The van der Waals surface area contributed by atoms with Gasteiger partial charge in [-0.1, -0.05) is 13.8 Å². The Balaban J connectivity index is 2.92. The van der Waals surface area contributed by atoms with Crippen molar-refractivity contribution in [3.05, 3.63) is 0 Å². The molecule has 0 aromatic rings. The minimum Gasteiger partial charge on any atom is -0.340 e. The molecule has 1 rings (SSSR count). The lowest BCUT2D eigenvalue weighted by molar-refractivity contribution is -0.153. The van der Waals surface area contributed by atoms with Gasteiger partial charge in [-0.05, 0) is 26.5 Å². The van der Waals surface area contributed by atoms with Crippen molar-refractivity contribution in [2.75, 3.05) is 12.8 Å². The van der Waals surface area contributed by atoms with E-state index >= 15 is 0 Å². The molecule has 0 spiro atoms. The van der Waals surface area contributed by atoms with Crippen molar-refractivity contribution in [1.82, 2.24) is 10.2 Å². The van der Waals surface area contributed by atoms with Crippen molar-refractivity contribution in [2.45, 2.75) is 50.9 Å². The van der Waals surface area contributed by atoms with E-state index in [4.69, 9.17) is 0 Å². The molecule has 1 fully saturated rings. The quantitative estimate of drug-likeness (QED) is 0.826. The number of carbonyl (C=O) groups is 2. The summed E-state index contributed by atoms with van der Waals surface area (Å²) in [5, 5.41) is 3.17. The minimum atomic E-state index is -0.734. The lowest BCUT2D eigenvalue weighted by Crippen LogP contribution is -2.68. The van der Waals surface area contributed by atoms with Crippen LogP contribution in [0.1, 0.15) is 34.1 Å². The number of nitrogens with one attached hydrogen (secondary N) is 1. The Bertz CT molecular complexity index is 322. The molecule has 0 radical (unpaired) electrons. The van der Waals surface area contributed by atoms with Crippen LogP contribution in [-0.2, 0) is 9.59 Å². The van der Waals surface area contributed by atoms with Crippen LogP contribution in [0.25, 0.3) is 0 Å². The number of carbonyl (C=O) groups excluding carboxylic acids is 2. The molecule has 1 heterocycles. The summed E-state index contributed by atoms with van der Waals surface area (Å²) in [6.07, 6.45) is 2.64. The fourth-order valence-electron chi connectivity index (χ4n) is 1.90. The highest BCUT2D eigenvalue weighted by atomic mass is 32.2. The molecule has 2 amide bonds. The summed E-state index contributed by atoms with van der Waals surface area (Å²) in [5.41, 5.74) is -0.734. The Morgan fingerprint density at radius 3 is 2.59 bits per heavy atom. The molecule has 0 bridgehead atoms. The molecular formula is C12H22N2O2S. The van der Waals surface area contributed by atoms with Crippen molar-refractivity contribution >= 4 is 23.6 Å². The third-order valence-electron chi connectivity index (χ3n) is 3.54. The van der Waals surface area contributed by atoms with E-state index in [1.807, 2.05) is 13.2 Å². The zero-order valence-electron chi connectivity index (χ0n) is 11.2. The average Bonchev–Trinajstić information content (AvgIpc) is 2.31. The van der Waals surface area contributed by atoms with Gasteiger partial charge in [-0.25, -0.2) is 0 Å². The second-order valence-electron chi connectivity index (χ2n) is 4.85. The van der Waals surface area contributed by atoms with E-state index in [2.05, 4.69) is 12.2 Å². The molecular weight excluding hydrogens is 236 g/mol. The SMILES string of the molecule is CCC1(C)NC(=O)C(C)N(CC(C)SC)C1=O. The molecule has 1 aliphatic rings. The molecule has 5 heteroatoms. The number of nitrogens with zero attached hydrogens (tertiary/aromatic N) is 1. The number of thioether (sulfide) groups is 1. The zero-order valence-corrected chi connectivity index (χ0v) is 12.1. The van der Waals surface area contributed by atoms with Gasteiger partial charge in [0, 0.05) is 11.8 Å². The van der Waals surface area contributed by atoms with Crippen molar-refractivity contribution in [1.29, 1.82) is 0 Å². The molecule has 4 nitrogen and oxygen atoms in total. The van der Waals surface area contributed by atoms with Gasteiger partial charge in [0.2, 0.25) is 11.8 Å². The molecule has 3 atom stereocenters. The summed E-state index contributed by atoms with van der Waals surface area (Å²) in [6, 6.07) is -0.364. The number of hydrogen-bond acceptors (Lipinski definition) is 3. The molecule has 0 aliphatic carbocycles. The maximum Gasteiger partial charge on any atom is 0.248 e. The summed E-state index contributed by atoms with van der Waals surface area (Å²) in [7, 11) is 0. The summed E-state index contributed by atoms with van der Waals surface area (Å²) in [4.78, 5) is 26.0. The third kappa shape index (κ3) is 2.76. The lowest BCUT2D eigenvalue weighted by Gasteiger charge is -2.43. The first-order valence-electron chi connectivity index (χ1n) is 6.01. The summed E-state index contributed by atoms with van der Waals surface area (Å²) < 4.78 is 0. The Hall–Kier alpha value is -0.710. The van der Waals surface area contributed by atoms with Crippen LogP contribution < -0.4 is 5.32 Å². The molecule has 1 N–H and O–H groups in total. The largest absolute Gasteiger partial charge is 0.340 e. The third-order valence-corrected chi connectivity index (χ3v) is 4.50. The van der Waals surface area contributed by atoms with Gasteiger partial charge < -0.3 is 10.2 Å². The molecule has 0 aromatic carbocycles. The van der Waals surface area contributed by atoms with E-state index in [1.165, 1.54) is 0 Å². The maximum atomic E-state index is 12.4. The zero-order chi connectivity index (χ0) is 13.2. The Morgan fingerprint density at radius 1 is 1.53 bits per heavy atom. The first kappa shape index (κ1) is 14.4. The smallest absolute Gasteiger partial charge is 0.248 e. The van der Waals surface area contributed by atoms with E-state index in [-0.39, 0.29) is 17.9 Å². The van der Waals surface area contributed by atoms with Gasteiger partial charge in [0.15, 0.2) is 0 Å². The molecule has 98 valence electrons. The monoisotopic (exact) mass is 258 g/mol. The van der Waals surface area contributed by atoms with Crippen LogP contribution in [0.5, 0.6) is 0 Å². The second-order valence-corrected chi connectivity index (χ2v) is 6.13. The number of rotatable bonds is 4. The average molecular weight is 258 g/mol. The normalized spacial score (nSPS) is 31.4. The highest BCUT2D eigenvalue weighted by Crippen LogP contribution is 2.22. The molecule has 1 saturated heterocycles. The van der Waals surface area contributed by atoms with Crippen molar-refractivity contribution < 1.29 is 9.59 Å². The van der Waals surface area contributed by atoms with Gasteiger partial charge in [0.25, 0.3) is 0 Å². The van der Waals surface area contributed by atoms with Crippen LogP contribution in [0.15, 0.2) is 0 Å². The highest BCUT2D eigenvalue weighted by Gasteiger charge is 2.45. The predicted molar refractivity (Wildman–Crippen MR) is 71.0 cm³/mol. The standard InChI is InChI=1S/C12H22N2O2S/c1-6-12(4)11(16)14(7-8(2)17-5)9(3)10(15)13-12/h8-9H,6-7H2,1-5H3,(H,13,15). The van der Waals surface area contributed by atoms with Crippen molar-refractivity contribution in [3.8, 4) is 0 Å². The minimum absolute atomic E-state index is 0.0352. The van der Waals surface area contributed by atoms with Crippen LogP contribution in [-0.4, -0.2) is 46.3 Å². The van der Waals surface area contributed by atoms with Gasteiger partial charge in [-0.2, -0.15) is 11.8 Å². The fraction of sp³-hybridized carbons (Fsp3) is 0.833. The van der Waals surface area contributed by atoms with E-state index in [0.717, 1.165) is 0 Å². The number of piperazine rings is 1. The Labute approximate surface area is 108 Å². The van der Waals surface area contributed by atoms with Crippen LogP contribution >= 0.6 is 11.8 Å². The fourth-order valence-corrected chi connectivity index (χ4v) is 2.21. The molecule has 0 saturated carbocycles. The number of amides is 2. The van der Waals surface area contributed by atoms with Gasteiger partial charge in [-0.3, -0.25) is 9.59 Å². The Morgan fingerprint density at radius 2 is 2.12 bits per heavy atom. The lowest BCUT2D eigenvalue weighted by atomic mass is 9.92. The highest BCUT2D eigenvalue weighted by molar-refractivity contribution is 7.99. The van der Waals surface area contributed by atoms with Gasteiger partial charge in [-0.15, -0.1) is 0 Å². The van der Waals surface area contributed by atoms with Crippen molar-refractivity contribution in [3.63, 3.8) is 0 Å². The predicted octanol–water partition coefficient (Wildman–Crippen LogP) is 1.25. The van der Waals surface area contributed by atoms with E-state index < -0.39 is 5.54 Å². The topological polar surface area (TPSA) is 49.4 Å². The van der Waals surface area contributed by atoms with Gasteiger partial charge >= 0.3 is 0 Å². The van der Waals surface area contributed by atoms with Crippen LogP contribution in [0, 0.1) is 0 Å². The first-order valence-corrected chi connectivity index (χ1v) is 7.30. The van der Waals surface area contributed by atoms with Crippen molar-refractivity contribution in [2.24, 2.45) is 0 Å². The van der Waals surface area contributed by atoms with E-state index in [1.54, 1.807) is 30.5 Å². The maximum absolute atomic E-state index is 12.4. The van der Waals surface area contributed by atoms with E-state index in [0.29, 0.717) is 18.2 Å². The molecule has 3 unspecified atom stereocenters. The molecule has 17 heavy (non-hydrogen) atoms. The molecule has 0 aromatic heterocycles. The number of hydrogen-bond donors (Lipinski definition) is 1. The van der Waals surface area contributed by atoms with Gasteiger partial charge in [0.05, 0.1) is 0 Å². The Kier molecular flexibility index (Phi) is 4.47. The summed E-state index contributed by atoms with van der Waals surface area (Å²) in [6.45, 7) is 8.21. The second kappa shape index (κ2) is 5.29. The van der Waals surface area contributed by atoms with Gasteiger partial charge in [0.1, 0.15) is 11.6 Å². The van der Waals surface area contributed by atoms with Crippen LogP contribution in [0.3, 0.4) is 0 Å². The van der Waals surface area contributed by atoms with Crippen LogP contribution in [0.2, 0.25) is 0 Å². The first-order chi connectivity index (χ1) is 7.85. The molecule has 1 aliphatic heterocycles.